The number of aromatic amines is 1. The Bertz CT molecular complexity index is 546. The van der Waals surface area contributed by atoms with E-state index in [2.05, 4.69) is 4.98 Å². The highest BCUT2D eigenvalue weighted by Gasteiger charge is 2.32. The maximum Gasteiger partial charge on any atom is 0.266 e. The minimum absolute atomic E-state index is 0.0552. The molecule has 4 nitrogen and oxygen atoms in total. The maximum absolute atomic E-state index is 12.5. The van der Waals surface area contributed by atoms with Gasteiger partial charge in [-0.2, -0.15) is 0 Å². The van der Waals surface area contributed by atoms with Crippen molar-refractivity contribution in [3.63, 3.8) is 0 Å². The quantitative estimate of drug-likeness (QED) is 0.873. The molecule has 1 amide bonds. The van der Waals surface area contributed by atoms with Crippen LogP contribution in [0.15, 0.2) is 29.8 Å². The fourth-order valence-electron chi connectivity index (χ4n) is 2.51. The van der Waals surface area contributed by atoms with E-state index in [9.17, 15) is 4.79 Å². The van der Waals surface area contributed by atoms with Crippen LogP contribution >= 0.6 is 11.3 Å². The van der Waals surface area contributed by atoms with Gasteiger partial charge in [-0.1, -0.05) is 0 Å². The molecule has 0 saturated carbocycles. The zero-order chi connectivity index (χ0) is 12.5. The number of nitrogens with one attached hydrogen (secondary N) is 1. The highest BCUT2D eigenvalue weighted by Crippen LogP contribution is 2.34. The Balaban J connectivity index is 1.88. The molecule has 3 heterocycles. The van der Waals surface area contributed by atoms with Crippen molar-refractivity contribution in [3.05, 3.63) is 40.3 Å². The first kappa shape index (κ1) is 11.3. The Morgan fingerprint density at radius 3 is 3.06 bits per heavy atom. The molecule has 3 N–H and O–H groups in total. The molecule has 1 aliphatic rings. The number of nitrogen functional groups attached to an aromatic ring is 1. The summed E-state index contributed by atoms with van der Waals surface area (Å²) >= 11 is 1.42. The van der Waals surface area contributed by atoms with Gasteiger partial charge in [-0.3, -0.25) is 4.79 Å². The lowest BCUT2D eigenvalue weighted by Gasteiger charge is -2.23. The maximum atomic E-state index is 12.5. The topological polar surface area (TPSA) is 62.1 Å². The van der Waals surface area contributed by atoms with Crippen LogP contribution in [0.25, 0.3) is 0 Å². The van der Waals surface area contributed by atoms with Gasteiger partial charge in [-0.05, 0) is 36.4 Å². The molecule has 0 aliphatic carbocycles. The predicted molar refractivity (Wildman–Crippen MR) is 72.5 cm³/mol. The molecule has 94 valence electrons. The number of amides is 1. The summed E-state index contributed by atoms with van der Waals surface area (Å²) in [6, 6.07) is 5.95. The molecule has 0 radical (unpaired) electrons. The summed E-state index contributed by atoms with van der Waals surface area (Å²) in [5, 5.41) is 1.86. The van der Waals surface area contributed by atoms with Gasteiger partial charge in [0.2, 0.25) is 0 Å². The zero-order valence-electron chi connectivity index (χ0n) is 9.93. The van der Waals surface area contributed by atoms with Crippen LogP contribution in [0.3, 0.4) is 0 Å². The summed E-state index contributed by atoms with van der Waals surface area (Å²) < 4.78 is 0. The molecule has 1 unspecified atom stereocenters. The number of carbonyl (C=O) groups excluding carboxylic acids is 1. The molecule has 1 aliphatic heterocycles. The number of hydrogen-bond acceptors (Lipinski definition) is 3. The van der Waals surface area contributed by atoms with Gasteiger partial charge in [0.25, 0.3) is 5.91 Å². The smallest absolute Gasteiger partial charge is 0.266 e. The van der Waals surface area contributed by atoms with Gasteiger partial charge in [0.1, 0.15) is 4.88 Å². The predicted octanol–water partition coefficient (Wildman–Crippen LogP) is 2.64. The van der Waals surface area contributed by atoms with E-state index in [1.165, 1.54) is 11.3 Å². The molecule has 5 heteroatoms. The average molecular weight is 261 g/mol. The van der Waals surface area contributed by atoms with E-state index >= 15 is 0 Å². The van der Waals surface area contributed by atoms with Crippen LogP contribution in [0.4, 0.5) is 5.69 Å². The lowest BCUT2D eigenvalue weighted by atomic mass is 10.1. The van der Waals surface area contributed by atoms with Crippen LogP contribution in [0.5, 0.6) is 0 Å². The normalized spacial score (nSPS) is 19.3. The fourth-order valence-corrected chi connectivity index (χ4v) is 3.28. The number of nitrogens with two attached hydrogens (primary N) is 1. The van der Waals surface area contributed by atoms with E-state index in [4.69, 9.17) is 5.73 Å². The van der Waals surface area contributed by atoms with Crippen LogP contribution in [-0.4, -0.2) is 22.3 Å². The first-order valence-corrected chi connectivity index (χ1v) is 6.92. The molecular weight excluding hydrogens is 246 g/mol. The summed E-state index contributed by atoms with van der Waals surface area (Å²) in [5.74, 6) is 0.0552. The van der Waals surface area contributed by atoms with Crippen molar-refractivity contribution in [2.45, 2.75) is 18.9 Å². The van der Waals surface area contributed by atoms with Crippen LogP contribution in [-0.2, 0) is 0 Å². The second-order valence-corrected chi connectivity index (χ2v) is 5.40. The number of thiophene rings is 1. The molecule has 2 aromatic heterocycles. The van der Waals surface area contributed by atoms with Crippen molar-refractivity contribution in [3.8, 4) is 0 Å². The van der Waals surface area contributed by atoms with Crippen LogP contribution < -0.4 is 5.73 Å². The second-order valence-electron chi connectivity index (χ2n) is 4.49. The van der Waals surface area contributed by atoms with E-state index in [-0.39, 0.29) is 11.9 Å². The van der Waals surface area contributed by atoms with Crippen molar-refractivity contribution in [1.82, 2.24) is 9.88 Å². The molecule has 18 heavy (non-hydrogen) atoms. The molecule has 1 fully saturated rings. The lowest BCUT2D eigenvalue weighted by Crippen LogP contribution is -2.30. The number of likely N-dealkylation sites (tertiary alicyclic amines) is 1. The number of rotatable bonds is 2. The van der Waals surface area contributed by atoms with Crippen molar-refractivity contribution in [2.24, 2.45) is 0 Å². The Morgan fingerprint density at radius 1 is 1.50 bits per heavy atom. The fraction of sp³-hybridized carbons (Fsp3) is 0.308. The van der Waals surface area contributed by atoms with Gasteiger partial charge in [-0.25, -0.2) is 0 Å². The minimum atomic E-state index is 0.0552. The van der Waals surface area contributed by atoms with Gasteiger partial charge in [0, 0.05) is 18.4 Å². The standard InChI is InChI=1S/C13H15N3OS/c14-9-5-8-18-12(9)13(17)16-7-2-4-11(16)10-3-1-6-15-10/h1,3,5-6,8,11,15H,2,4,7,14H2. The Morgan fingerprint density at radius 2 is 2.39 bits per heavy atom. The molecule has 3 rings (SSSR count). The minimum Gasteiger partial charge on any atom is -0.397 e. The van der Waals surface area contributed by atoms with Gasteiger partial charge in [0.05, 0.1) is 11.7 Å². The first-order chi connectivity index (χ1) is 8.77. The highest BCUT2D eigenvalue weighted by atomic mass is 32.1. The third kappa shape index (κ3) is 1.80. The van der Waals surface area contributed by atoms with Crippen LogP contribution in [0.2, 0.25) is 0 Å². The van der Waals surface area contributed by atoms with Gasteiger partial charge in [0.15, 0.2) is 0 Å². The van der Waals surface area contributed by atoms with E-state index in [0.29, 0.717) is 10.6 Å². The number of aromatic nitrogens is 1. The SMILES string of the molecule is Nc1ccsc1C(=O)N1CCCC1c1ccc[nH]1. The van der Waals surface area contributed by atoms with E-state index in [1.54, 1.807) is 6.07 Å². The third-order valence-electron chi connectivity index (χ3n) is 3.38. The largest absolute Gasteiger partial charge is 0.397 e. The number of carbonyl (C=O) groups is 1. The van der Waals surface area contributed by atoms with Gasteiger partial charge >= 0.3 is 0 Å². The number of nitrogens with zero attached hydrogens (tertiary/aromatic N) is 1. The van der Waals surface area contributed by atoms with E-state index < -0.39 is 0 Å². The number of H-pyrrole nitrogens is 1. The Kier molecular flexibility index (Phi) is 2.83. The molecule has 0 spiro atoms. The highest BCUT2D eigenvalue weighted by molar-refractivity contribution is 7.12. The third-order valence-corrected chi connectivity index (χ3v) is 4.30. The summed E-state index contributed by atoms with van der Waals surface area (Å²) in [7, 11) is 0. The molecular formula is C13H15N3OS. The Labute approximate surface area is 109 Å². The first-order valence-electron chi connectivity index (χ1n) is 6.04. The molecule has 2 aromatic rings. The second kappa shape index (κ2) is 4.49. The number of hydrogen-bond donors (Lipinski definition) is 2. The van der Waals surface area contributed by atoms with Gasteiger partial charge in [-0.15, -0.1) is 11.3 Å². The molecule has 0 aromatic carbocycles. The molecule has 1 saturated heterocycles. The van der Waals surface area contributed by atoms with Crippen molar-refractivity contribution < 1.29 is 4.79 Å². The summed E-state index contributed by atoms with van der Waals surface area (Å²) in [4.78, 5) is 18.3. The van der Waals surface area contributed by atoms with Crippen LogP contribution in [0.1, 0.15) is 34.2 Å². The van der Waals surface area contributed by atoms with E-state index in [0.717, 1.165) is 25.1 Å². The van der Waals surface area contributed by atoms with Crippen molar-refractivity contribution >= 4 is 22.9 Å². The van der Waals surface area contributed by atoms with Crippen molar-refractivity contribution in [1.29, 1.82) is 0 Å². The van der Waals surface area contributed by atoms with Crippen LogP contribution in [0, 0.1) is 0 Å². The summed E-state index contributed by atoms with van der Waals surface area (Å²) in [6.07, 6.45) is 3.95. The average Bonchev–Trinajstić information content (AvgIpc) is 3.09. The number of anilines is 1. The van der Waals surface area contributed by atoms with Crippen molar-refractivity contribution in [2.75, 3.05) is 12.3 Å². The zero-order valence-corrected chi connectivity index (χ0v) is 10.7. The molecule has 1 atom stereocenters. The molecule has 0 bridgehead atoms. The lowest BCUT2D eigenvalue weighted by molar-refractivity contribution is 0.0739. The van der Waals surface area contributed by atoms with E-state index in [1.807, 2.05) is 28.6 Å². The summed E-state index contributed by atoms with van der Waals surface area (Å²) in [5.41, 5.74) is 7.52. The Hall–Kier alpha value is -1.75. The monoisotopic (exact) mass is 261 g/mol. The summed E-state index contributed by atoms with van der Waals surface area (Å²) in [6.45, 7) is 0.805. The van der Waals surface area contributed by atoms with Gasteiger partial charge < -0.3 is 15.6 Å².